The molecule has 1 aliphatic carbocycles. The average Bonchev–Trinajstić information content (AvgIpc) is 2.95. The molecule has 1 amide bonds. The fourth-order valence-corrected chi connectivity index (χ4v) is 3.00. The Kier molecular flexibility index (Phi) is 3.76. The zero-order valence-corrected chi connectivity index (χ0v) is 12.2. The topological polar surface area (TPSA) is 46.3 Å². The van der Waals surface area contributed by atoms with Crippen LogP contribution in [0.5, 0.6) is 0 Å². The number of hydrogen-bond donors (Lipinski definition) is 1. The molecule has 0 aromatic heterocycles. The highest BCUT2D eigenvalue weighted by molar-refractivity contribution is 6.05. The molecule has 2 atom stereocenters. The Balaban J connectivity index is 1.99. The Bertz CT molecular complexity index is 687. The van der Waals surface area contributed by atoms with Gasteiger partial charge in [-0.1, -0.05) is 48.6 Å². The molecule has 3 nitrogen and oxygen atoms in total. The monoisotopic (exact) mass is 280 g/mol. The van der Waals surface area contributed by atoms with Gasteiger partial charge in [-0.05, 0) is 24.8 Å². The number of hydrogen-bond acceptors (Lipinski definition) is 2. The van der Waals surface area contributed by atoms with Crippen molar-refractivity contribution >= 4 is 22.4 Å². The van der Waals surface area contributed by atoms with E-state index in [-0.39, 0.29) is 17.9 Å². The molecule has 0 aliphatic heterocycles. The second-order valence-corrected chi connectivity index (χ2v) is 5.47. The second kappa shape index (κ2) is 5.70. The van der Waals surface area contributed by atoms with Crippen molar-refractivity contribution in [3.8, 4) is 0 Å². The number of carbonyl (C=O) groups excluding carboxylic acids is 1. The molecule has 0 fully saturated rings. The summed E-state index contributed by atoms with van der Waals surface area (Å²) in [5.41, 5.74) is 6.86. The fourth-order valence-electron chi connectivity index (χ4n) is 3.00. The zero-order chi connectivity index (χ0) is 14.8. The first kappa shape index (κ1) is 13.8. The summed E-state index contributed by atoms with van der Waals surface area (Å²) in [6.07, 6.45) is 4.58. The van der Waals surface area contributed by atoms with Gasteiger partial charge in [-0.15, -0.1) is 0 Å². The SMILES string of the molecule is CCN(C(=O)C1C=CC(N)C1)c1cccc2ccccc12. The second-order valence-electron chi connectivity index (χ2n) is 5.47. The highest BCUT2D eigenvalue weighted by atomic mass is 16.2. The standard InChI is InChI=1S/C18H20N2O/c1-2-20(18(21)14-10-11-15(19)12-14)17-9-5-7-13-6-3-4-8-16(13)17/h3-11,14-15H,2,12,19H2,1H3. The fraction of sp³-hybridized carbons (Fsp3) is 0.278. The van der Waals surface area contributed by atoms with Gasteiger partial charge in [0.25, 0.3) is 0 Å². The normalized spacial score (nSPS) is 20.9. The third-order valence-corrected chi connectivity index (χ3v) is 4.07. The van der Waals surface area contributed by atoms with Gasteiger partial charge >= 0.3 is 0 Å². The van der Waals surface area contributed by atoms with E-state index < -0.39 is 0 Å². The van der Waals surface area contributed by atoms with Gasteiger partial charge in [-0.2, -0.15) is 0 Å². The molecule has 0 spiro atoms. The van der Waals surface area contributed by atoms with Crippen LogP contribution in [0, 0.1) is 5.92 Å². The molecule has 0 radical (unpaired) electrons. The third-order valence-electron chi connectivity index (χ3n) is 4.07. The van der Waals surface area contributed by atoms with Crippen LogP contribution < -0.4 is 10.6 Å². The van der Waals surface area contributed by atoms with E-state index in [0.717, 1.165) is 16.5 Å². The Morgan fingerprint density at radius 1 is 1.19 bits per heavy atom. The molecule has 3 heteroatoms. The Hall–Kier alpha value is -2.13. The van der Waals surface area contributed by atoms with Crippen molar-refractivity contribution < 1.29 is 4.79 Å². The van der Waals surface area contributed by atoms with E-state index in [2.05, 4.69) is 18.2 Å². The molecule has 2 aromatic carbocycles. The third kappa shape index (κ3) is 2.57. The number of benzene rings is 2. The van der Waals surface area contributed by atoms with Crippen molar-refractivity contribution in [2.45, 2.75) is 19.4 Å². The first-order valence-electron chi connectivity index (χ1n) is 7.43. The van der Waals surface area contributed by atoms with E-state index in [4.69, 9.17) is 5.73 Å². The highest BCUT2D eigenvalue weighted by Gasteiger charge is 2.27. The van der Waals surface area contributed by atoms with Gasteiger partial charge in [-0.3, -0.25) is 4.79 Å². The van der Waals surface area contributed by atoms with E-state index in [1.165, 1.54) is 0 Å². The Labute approximate surface area is 125 Å². The number of anilines is 1. The summed E-state index contributed by atoms with van der Waals surface area (Å²) in [6.45, 7) is 2.67. The lowest BCUT2D eigenvalue weighted by atomic mass is 10.0. The van der Waals surface area contributed by atoms with Gasteiger partial charge in [0.2, 0.25) is 5.91 Å². The van der Waals surface area contributed by atoms with Crippen LogP contribution in [0.1, 0.15) is 13.3 Å². The van der Waals surface area contributed by atoms with Crippen LogP contribution in [0.4, 0.5) is 5.69 Å². The van der Waals surface area contributed by atoms with E-state index in [9.17, 15) is 4.79 Å². The maximum Gasteiger partial charge on any atom is 0.233 e. The first-order valence-corrected chi connectivity index (χ1v) is 7.43. The van der Waals surface area contributed by atoms with Gasteiger partial charge in [0.15, 0.2) is 0 Å². The van der Waals surface area contributed by atoms with Crippen molar-refractivity contribution in [2.75, 3.05) is 11.4 Å². The summed E-state index contributed by atoms with van der Waals surface area (Å²) in [6, 6.07) is 14.3. The van der Waals surface area contributed by atoms with Crippen molar-refractivity contribution in [2.24, 2.45) is 11.7 Å². The predicted molar refractivity (Wildman–Crippen MR) is 87.2 cm³/mol. The van der Waals surface area contributed by atoms with Crippen LogP contribution in [0.25, 0.3) is 10.8 Å². The molecule has 1 aliphatic rings. The smallest absolute Gasteiger partial charge is 0.233 e. The predicted octanol–water partition coefficient (Wildman–Crippen LogP) is 3.10. The van der Waals surface area contributed by atoms with E-state index in [1.807, 2.05) is 48.2 Å². The summed E-state index contributed by atoms with van der Waals surface area (Å²) in [5, 5.41) is 2.27. The Morgan fingerprint density at radius 3 is 2.67 bits per heavy atom. The summed E-state index contributed by atoms with van der Waals surface area (Å²) in [4.78, 5) is 14.7. The minimum Gasteiger partial charge on any atom is -0.324 e. The molecule has 108 valence electrons. The molecule has 0 saturated carbocycles. The Morgan fingerprint density at radius 2 is 1.95 bits per heavy atom. The zero-order valence-electron chi connectivity index (χ0n) is 12.2. The van der Waals surface area contributed by atoms with Crippen molar-refractivity contribution in [3.05, 3.63) is 54.6 Å². The van der Waals surface area contributed by atoms with E-state index in [1.54, 1.807) is 0 Å². The maximum absolute atomic E-state index is 12.8. The average molecular weight is 280 g/mol. The molecule has 2 aromatic rings. The molecule has 0 saturated heterocycles. The first-order chi connectivity index (χ1) is 10.2. The number of nitrogens with zero attached hydrogens (tertiary/aromatic N) is 1. The summed E-state index contributed by atoms with van der Waals surface area (Å²) < 4.78 is 0. The largest absolute Gasteiger partial charge is 0.324 e. The van der Waals surface area contributed by atoms with Crippen LogP contribution in [0.15, 0.2) is 54.6 Å². The van der Waals surface area contributed by atoms with Crippen LogP contribution in [0.2, 0.25) is 0 Å². The lowest BCUT2D eigenvalue weighted by Gasteiger charge is -2.25. The van der Waals surface area contributed by atoms with Crippen molar-refractivity contribution in [1.82, 2.24) is 0 Å². The van der Waals surface area contributed by atoms with Gasteiger partial charge in [0.1, 0.15) is 0 Å². The molecule has 0 bridgehead atoms. The molecular weight excluding hydrogens is 260 g/mol. The molecule has 21 heavy (non-hydrogen) atoms. The van der Waals surface area contributed by atoms with Gasteiger partial charge in [0, 0.05) is 18.0 Å². The van der Waals surface area contributed by atoms with Crippen molar-refractivity contribution in [3.63, 3.8) is 0 Å². The van der Waals surface area contributed by atoms with E-state index in [0.29, 0.717) is 13.0 Å². The summed E-state index contributed by atoms with van der Waals surface area (Å²) in [5.74, 6) is 0.0389. The number of carbonyl (C=O) groups is 1. The molecule has 2 unspecified atom stereocenters. The molecule has 2 N–H and O–H groups in total. The van der Waals surface area contributed by atoms with Crippen LogP contribution in [-0.4, -0.2) is 18.5 Å². The quantitative estimate of drug-likeness (QED) is 0.878. The minimum atomic E-state index is -0.0982. The van der Waals surface area contributed by atoms with Crippen molar-refractivity contribution in [1.29, 1.82) is 0 Å². The number of amides is 1. The van der Waals surface area contributed by atoms with Crippen LogP contribution in [-0.2, 0) is 4.79 Å². The number of nitrogens with two attached hydrogens (primary N) is 1. The van der Waals surface area contributed by atoms with E-state index >= 15 is 0 Å². The number of fused-ring (bicyclic) bond motifs is 1. The van der Waals surface area contributed by atoms with Gasteiger partial charge < -0.3 is 10.6 Å². The molecule has 0 heterocycles. The minimum absolute atomic E-state index is 0.00479. The van der Waals surface area contributed by atoms with Crippen LogP contribution in [0.3, 0.4) is 0 Å². The number of rotatable bonds is 3. The van der Waals surface area contributed by atoms with Gasteiger partial charge in [-0.25, -0.2) is 0 Å². The lowest BCUT2D eigenvalue weighted by Crippen LogP contribution is -2.36. The van der Waals surface area contributed by atoms with Crippen LogP contribution >= 0.6 is 0 Å². The maximum atomic E-state index is 12.8. The molecular formula is C18H20N2O. The highest BCUT2D eigenvalue weighted by Crippen LogP contribution is 2.29. The lowest BCUT2D eigenvalue weighted by molar-refractivity contribution is -0.121. The summed E-state index contributed by atoms with van der Waals surface area (Å²) >= 11 is 0. The summed E-state index contributed by atoms with van der Waals surface area (Å²) in [7, 11) is 0. The van der Waals surface area contributed by atoms with Gasteiger partial charge in [0.05, 0.1) is 11.6 Å². The molecule has 3 rings (SSSR count).